The number of Topliss-reactive ketones (excluding diaryl/α,β-unsaturated/α-hetero) is 2. The highest BCUT2D eigenvalue weighted by atomic mass is 16.1. The lowest BCUT2D eigenvalue weighted by Crippen LogP contribution is -2.53. The summed E-state index contributed by atoms with van der Waals surface area (Å²) in [6.07, 6.45) is 6.97. The van der Waals surface area contributed by atoms with Gasteiger partial charge in [0.1, 0.15) is 5.78 Å². The first kappa shape index (κ1) is 15.4. The van der Waals surface area contributed by atoms with Crippen molar-refractivity contribution in [3.8, 4) is 0 Å². The summed E-state index contributed by atoms with van der Waals surface area (Å²) < 4.78 is 0. The van der Waals surface area contributed by atoms with E-state index in [4.69, 9.17) is 0 Å². The van der Waals surface area contributed by atoms with Crippen LogP contribution >= 0.6 is 0 Å². The molecule has 0 bridgehead atoms. The van der Waals surface area contributed by atoms with E-state index >= 15 is 0 Å². The van der Waals surface area contributed by atoms with E-state index in [1.807, 2.05) is 0 Å². The molecule has 0 radical (unpaired) electrons. The van der Waals surface area contributed by atoms with Crippen molar-refractivity contribution in [1.82, 2.24) is 0 Å². The fourth-order valence-electron chi connectivity index (χ4n) is 6.83. The molecule has 23 heavy (non-hydrogen) atoms. The molecule has 0 aliphatic heterocycles. The molecule has 4 aliphatic rings. The molecule has 0 N–H and O–H groups in total. The van der Waals surface area contributed by atoms with Gasteiger partial charge in [-0.05, 0) is 66.8 Å². The van der Waals surface area contributed by atoms with Gasteiger partial charge in [-0.25, -0.2) is 0 Å². The molecule has 0 spiro atoms. The van der Waals surface area contributed by atoms with Crippen molar-refractivity contribution < 1.29 is 9.59 Å². The van der Waals surface area contributed by atoms with Crippen LogP contribution in [0.25, 0.3) is 0 Å². The summed E-state index contributed by atoms with van der Waals surface area (Å²) in [5.74, 6) is 2.75. The molecule has 0 amide bonds. The van der Waals surface area contributed by atoms with E-state index in [0.29, 0.717) is 29.1 Å². The minimum Gasteiger partial charge on any atom is -0.300 e. The number of carbonyl (C=O) groups excluding carboxylic acids is 2. The Balaban J connectivity index is 1.72. The van der Waals surface area contributed by atoms with Crippen molar-refractivity contribution >= 4 is 11.6 Å². The van der Waals surface area contributed by atoms with Gasteiger partial charge < -0.3 is 0 Å². The average molecular weight is 312 g/mol. The second kappa shape index (κ2) is 4.68. The van der Waals surface area contributed by atoms with E-state index in [-0.39, 0.29) is 22.5 Å². The molecule has 124 valence electrons. The molecule has 2 nitrogen and oxygen atoms in total. The van der Waals surface area contributed by atoms with Crippen molar-refractivity contribution in [2.75, 3.05) is 0 Å². The summed E-state index contributed by atoms with van der Waals surface area (Å²) in [5, 5.41) is 0. The van der Waals surface area contributed by atoms with E-state index < -0.39 is 0 Å². The zero-order valence-electron chi connectivity index (χ0n) is 14.5. The van der Waals surface area contributed by atoms with E-state index in [0.717, 1.165) is 50.5 Å². The van der Waals surface area contributed by atoms with Crippen LogP contribution in [-0.2, 0) is 9.59 Å². The third-order valence-electron chi connectivity index (χ3n) is 8.21. The van der Waals surface area contributed by atoms with Crippen LogP contribution in [0.15, 0.2) is 24.3 Å². The Kier molecular flexibility index (Phi) is 3.12. The molecule has 4 saturated carbocycles. The van der Waals surface area contributed by atoms with Gasteiger partial charge in [0, 0.05) is 23.8 Å². The lowest BCUT2D eigenvalue weighted by atomic mass is 9.45. The molecule has 4 fully saturated rings. The van der Waals surface area contributed by atoms with Gasteiger partial charge >= 0.3 is 0 Å². The van der Waals surface area contributed by atoms with Crippen molar-refractivity contribution in [2.45, 2.75) is 58.8 Å². The lowest BCUT2D eigenvalue weighted by molar-refractivity contribution is -0.142. The fraction of sp³-hybridized carbons (Fsp3) is 0.714. The predicted octanol–water partition coefficient (Wildman–Crippen LogP) is 4.50. The second-order valence-electron chi connectivity index (χ2n) is 9.06. The maximum absolute atomic E-state index is 12.7. The number of hydrogen-bond acceptors (Lipinski definition) is 2. The molecular weight excluding hydrogens is 284 g/mol. The van der Waals surface area contributed by atoms with Gasteiger partial charge in [0.15, 0.2) is 5.78 Å². The molecule has 2 heteroatoms. The SMILES string of the molecule is C=C1C(=C)[C@H]2[C@@H]3CCC4CC(=O)CC[C@]4(C)[C@H]3CC[C@]2(C)C1=O. The van der Waals surface area contributed by atoms with Crippen LogP contribution in [-0.4, -0.2) is 11.6 Å². The van der Waals surface area contributed by atoms with E-state index in [9.17, 15) is 9.59 Å². The highest BCUT2D eigenvalue weighted by Crippen LogP contribution is 2.66. The van der Waals surface area contributed by atoms with Gasteiger partial charge in [0.2, 0.25) is 0 Å². The fourth-order valence-corrected chi connectivity index (χ4v) is 6.83. The van der Waals surface area contributed by atoms with Gasteiger partial charge in [0.05, 0.1) is 0 Å². The molecule has 4 rings (SSSR count). The summed E-state index contributed by atoms with van der Waals surface area (Å²) in [6.45, 7) is 12.9. The van der Waals surface area contributed by atoms with Crippen LogP contribution in [0, 0.1) is 34.5 Å². The van der Waals surface area contributed by atoms with E-state index in [1.165, 1.54) is 0 Å². The first-order valence-electron chi connectivity index (χ1n) is 9.23. The highest BCUT2D eigenvalue weighted by molar-refractivity contribution is 6.07. The standard InChI is InChI=1S/C21H28O2/c1-12-13(2)19(23)21(4)10-8-17-16(18(12)21)6-5-14-11-15(22)7-9-20(14,17)3/h14,16-18H,1-2,5-11H2,3-4H3/t14?,16-,17+,18+,20+,21+/m1/s1. The van der Waals surface area contributed by atoms with Gasteiger partial charge in [-0.3, -0.25) is 9.59 Å². The highest BCUT2D eigenvalue weighted by Gasteiger charge is 2.62. The molecule has 0 aromatic rings. The zero-order chi connectivity index (χ0) is 16.6. The van der Waals surface area contributed by atoms with Crippen molar-refractivity contribution in [2.24, 2.45) is 34.5 Å². The van der Waals surface area contributed by atoms with Crippen LogP contribution < -0.4 is 0 Å². The number of carbonyl (C=O) groups is 2. The molecular formula is C21H28O2. The normalized spacial score (nSPS) is 49.7. The van der Waals surface area contributed by atoms with Crippen LogP contribution in [0.2, 0.25) is 0 Å². The molecule has 0 heterocycles. The number of fused-ring (bicyclic) bond motifs is 5. The van der Waals surface area contributed by atoms with Crippen LogP contribution in [0.5, 0.6) is 0 Å². The topological polar surface area (TPSA) is 34.1 Å². The minimum absolute atomic E-state index is 0.247. The minimum atomic E-state index is -0.261. The van der Waals surface area contributed by atoms with Crippen molar-refractivity contribution in [3.63, 3.8) is 0 Å². The zero-order valence-corrected chi connectivity index (χ0v) is 14.5. The summed E-state index contributed by atoms with van der Waals surface area (Å²) >= 11 is 0. The van der Waals surface area contributed by atoms with Crippen molar-refractivity contribution in [3.05, 3.63) is 24.3 Å². The Morgan fingerprint density at radius 2 is 1.78 bits per heavy atom. The van der Waals surface area contributed by atoms with Gasteiger partial charge in [-0.1, -0.05) is 27.0 Å². The van der Waals surface area contributed by atoms with Gasteiger partial charge in [0.25, 0.3) is 0 Å². The molecule has 0 aromatic carbocycles. The largest absolute Gasteiger partial charge is 0.300 e. The summed E-state index contributed by atoms with van der Waals surface area (Å²) in [6, 6.07) is 0. The predicted molar refractivity (Wildman–Crippen MR) is 90.8 cm³/mol. The van der Waals surface area contributed by atoms with Gasteiger partial charge in [-0.2, -0.15) is 0 Å². The maximum atomic E-state index is 12.7. The third kappa shape index (κ3) is 1.81. The maximum Gasteiger partial charge on any atom is 0.169 e. The summed E-state index contributed by atoms with van der Waals surface area (Å²) in [4.78, 5) is 24.7. The lowest BCUT2D eigenvalue weighted by Gasteiger charge is -2.59. The van der Waals surface area contributed by atoms with Crippen LogP contribution in [0.3, 0.4) is 0 Å². The number of ketones is 2. The Bertz CT molecular complexity index is 630. The summed E-state index contributed by atoms with van der Waals surface area (Å²) in [5.41, 5.74) is 1.72. The van der Waals surface area contributed by atoms with Crippen LogP contribution in [0.4, 0.5) is 0 Å². The molecule has 1 unspecified atom stereocenters. The van der Waals surface area contributed by atoms with Crippen molar-refractivity contribution in [1.29, 1.82) is 0 Å². The number of hydrogen-bond donors (Lipinski definition) is 0. The molecule has 6 atom stereocenters. The number of allylic oxidation sites excluding steroid dienone is 2. The van der Waals surface area contributed by atoms with E-state index in [2.05, 4.69) is 27.0 Å². The Hall–Kier alpha value is -1.18. The quantitative estimate of drug-likeness (QED) is 0.617. The summed E-state index contributed by atoms with van der Waals surface area (Å²) in [7, 11) is 0. The molecule has 4 aliphatic carbocycles. The van der Waals surface area contributed by atoms with Crippen LogP contribution in [0.1, 0.15) is 58.8 Å². The van der Waals surface area contributed by atoms with Gasteiger partial charge in [-0.15, -0.1) is 0 Å². The first-order valence-corrected chi connectivity index (χ1v) is 9.23. The Morgan fingerprint density at radius 1 is 1.04 bits per heavy atom. The first-order chi connectivity index (χ1) is 10.8. The molecule has 0 aromatic heterocycles. The monoisotopic (exact) mass is 312 g/mol. The average Bonchev–Trinajstić information content (AvgIpc) is 2.69. The number of rotatable bonds is 0. The van der Waals surface area contributed by atoms with E-state index in [1.54, 1.807) is 0 Å². The Labute approximate surface area is 139 Å². The third-order valence-corrected chi connectivity index (χ3v) is 8.21. The molecule has 0 saturated heterocycles. The smallest absolute Gasteiger partial charge is 0.169 e. The second-order valence-corrected chi connectivity index (χ2v) is 9.06. The Morgan fingerprint density at radius 3 is 2.52 bits per heavy atom.